The number of carboxylic acid groups (broad SMARTS) is 1. The number of aromatic nitrogens is 2. The Labute approximate surface area is 185 Å². The number of nitrogens with zero attached hydrogens (tertiary/aromatic N) is 2. The molecule has 0 bridgehead atoms. The molecule has 0 aliphatic rings. The fraction of sp³-hybridized carbons (Fsp3) is 0.0870. The Balaban J connectivity index is 1.78. The quantitative estimate of drug-likeness (QED) is 0.465. The van der Waals surface area contributed by atoms with Crippen molar-refractivity contribution < 1.29 is 18.3 Å². The molecule has 1 heterocycles. The lowest BCUT2D eigenvalue weighted by atomic mass is 10.1. The van der Waals surface area contributed by atoms with E-state index in [4.69, 9.17) is 0 Å². The zero-order chi connectivity index (χ0) is 22.9. The Morgan fingerprint density at radius 1 is 0.844 bits per heavy atom. The first kappa shape index (κ1) is 21.3. The van der Waals surface area contributed by atoms with Crippen LogP contribution in [0.3, 0.4) is 0 Å². The Hall–Kier alpha value is -3.98. The number of hydrogen-bond acceptors (Lipinski definition) is 7. The highest BCUT2D eigenvalue weighted by Crippen LogP contribution is 2.27. The summed E-state index contributed by atoms with van der Waals surface area (Å²) in [4.78, 5) is 20.2. The van der Waals surface area contributed by atoms with Gasteiger partial charge in [0, 0.05) is 5.69 Å². The molecule has 0 unspecified atom stereocenters. The minimum atomic E-state index is -3.95. The van der Waals surface area contributed by atoms with Crippen molar-refractivity contribution in [2.45, 2.75) is 18.7 Å². The molecular formula is C23H19N4O4S-. The van der Waals surface area contributed by atoms with Gasteiger partial charge in [-0.15, -0.1) is 0 Å². The molecule has 3 aromatic carbocycles. The lowest BCUT2D eigenvalue weighted by Gasteiger charge is -2.15. The number of nitrogens with one attached hydrogen (secondary N) is 2. The van der Waals surface area contributed by atoms with E-state index in [2.05, 4.69) is 20.0 Å². The molecule has 2 N–H and O–H groups in total. The summed E-state index contributed by atoms with van der Waals surface area (Å²) in [6.07, 6.45) is 0. The van der Waals surface area contributed by atoms with Crippen molar-refractivity contribution in [2.24, 2.45) is 0 Å². The fourth-order valence-corrected chi connectivity index (χ4v) is 4.18. The third-order valence-corrected chi connectivity index (χ3v) is 6.29. The second kappa shape index (κ2) is 8.27. The summed E-state index contributed by atoms with van der Waals surface area (Å²) in [6, 6.07) is 17.8. The molecule has 4 aromatic rings. The highest BCUT2D eigenvalue weighted by molar-refractivity contribution is 7.92. The monoisotopic (exact) mass is 447 g/mol. The number of aromatic carboxylic acids is 1. The van der Waals surface area contributed by atoms with Crippen LogP contribution in [0.15, 0.2) is 71.6 Å². The number of rotatable bonds is 6. The first-order valence-corrected chi connectivity index (χ1v) is 11.2. The molecule has 0 spiro atoms. The minimum Gasteiger partial charge on any atom is -0.545 e. The maximum absolute atomic E-state index is 13.1. The standard InChI is InChI=1S/C23H20N4O4S/c1-14-10-11-18(12-15(14)2)32(30,31)27-22-21(25-19-8-3-4-9-20(19)26-22)24-17-7-5-6-16(13-17)23(28)29/h3-13H,1-2H3,(H,24,25)(H,26,27)(H,28,29)/p-1. The van der Waals surface area contributed by atoms with Gasteiger partial charge in [0.25, 0.3) is 10.0 Å². The van der Waals surface area contributed by atoms with Crippen LogP contribution in [0.2, 0.25) is 0 Å². The average molecular weight is 447 g/mol. The van der Waals surface area contributed by atoms with Gasteiger partial charge in [0.05, 0.1) is 21.9 Å². The first-order valence-electron chi connectivity index (χ1n) is 9.68. The number of carbonyl (C=O) groups is 1. The van der Waals surface area contributed by atoms with Crippen molar-refractivity contribution in [3.8, 4) is 0 Å². The van der Waals surface area contributed by atoms with Crippen molar-refractivity contribution in [1.29, 1.82) is 0 Å². The summed E-state index contributed by atoms with van der Waals surface area (Å²) in [6.45, 7) is 3.73. The van der Waals surface area contributed by atoms with Gasteiger partial charge in [-0.3, -0.25) is 4.72 Å². The maximum Gasteiger partial charge on any atom is 0.263 e. The van der Waals surface area contributed by atoms with Crippen molar-refractivity contribution in [3.05, 3.63) is 83.4 Å². The molecular weight excluding hydrogens is 428 g/mol. The number of carbonyl (C=O) groups excluding carboxylic acids is 1. The lowest BCUT2D eigenvalue weighted by molar-refractivity contribution is -0.255. The van der Waals surface area contributed by atoms with Gasteiger partial charge in [-0.1, -0.05) is 30.3 Å². The van der Waals surface area contributed by atoms with E-state index in [-0.39, 0.29) is 22.1 Å². The molecule has 0 saturated carbocycles. The van der Waals surface area contributed by atoms with Gasteiger partial charge in [0.15, 0.2) is 11.6 Å². The summed E-state index contributed by atoms with van der Waals surface area (Å²) in [7, 11) is -3.95. The van der Waals surface area contributed by atoms with E-state index in [1.54, 1.807) is 48.5 Å². The average Bonchev–Trinajstić information content (AvgIpc) is 2.76. The molecule has 1 aromatic heterocycles. The van der Waals surface area contributed by atoms with Crippen molar-refractivity contribution >= 4 is 44.3 Å². The Kier molecular flexibility index (Phi) is 5.50. The van der Waals surface area contributed by atoms with E-state index < -0.39 is 16.0 Å². The molecule has 0 atom stereocenters. The molecule has 0 aliphatic heterocycles. The number of para-hydroxylation sites is 2. The van der Waals surface area contributed by atoms with Crippen molar-refractivity contribution in [3.63, 3.8) is 0 Å². The molecule has 9 heteroatoms. The van der Waals surface area contributed by atoms with Gasteiger partial charge in [-0.2, -0.15) is 0 Å². The van der Waals surface area contributed by atoms with Crippen LogP contribution in [-0.2, 0) is 10.0 Å². The largest absolute Gasteiger partial charge is 0.545 e. The lowest BCUT2D eigenvalue weighted by Crippen LogP contribution is -2.22. The van der Waals surface area contributed by atoms with Crippen LogP contribution in [0.25, 0.3) is 11.0 Å². The van der Waals surface area contributed by atoms with Crippen molar-refractivity contribution in [1.82, 2.24) is 9.97 Å². The third-order valence-electron chi connectivity index (χ3n) is 4.95. The Morgan fingerprint density at radius 2 is 1.53 bits per heavy atom. The molecule has 0 aliphatic carbocycles. The van der Waals surface area contributed by atoms with Crippen molar-refractivity contribution in [2.75, 3.05) is 10.0 Å². The van der Waals surface area contributed by atoms with E-state index in [9.17, 15) is 18.3 Å². The number of anilines is 3. The molecule has 8 nitrogen and oxygen atoms in total. The molecule has 0 saturated heterocycles. The molecule has 0 amide bonds. The molecule has 0 radical (unpaired) electrons. The van der Waals surface area contributed by atoms with Crippen LogP contribution in [0, 0.1) is 13.8 Å². The maximum atomic E-state index is 13.1. The zero-order valence-electron chi connectivity index (χ0n) is 17.3. The summed E-state index contributed by atoms with van der Waals surface area (Å²) < 4.78 is 28.6. The van der Waals surface area contributed by atoms with Crippen LogP contribution < -0.4 is 15.1 Å². The zero-order valence-corrected chi connectivity index (χ0v) is 18.1. The smallest absolute Gasteiger partial charge is 0.263 e. The Morgan fingerprint density at radius 3 is 2.19 bits per heavy atom. The van der Waals surface area contributed by atoms with E-state index in [1.807, 2.05) is 13.8 Å². The van der Waals surface area contributed by atoms with Gasteiger partial charge in [0.1, 0.15) is 0 Å². The number of benzene rings is 3. The van der Waals surface area contributed by atoms with Crippen LogP contribution in [0.1, 0.15) is 21.5 Å². The normalized spacial score (nSPS) is 11.3. The van der Waals surface area contributed by atoms with Gasteiger partial charge in [-0.25, -0.2) is 18.4 Å². The number of fused-ring (bicyclic) bond motifs is 1. The minimum absolute atomic E-state index is 0.0132. The molecule has 162 valence electrons. The summed E-state index contributed by atoms with van der Waals surface area (Å²) in [5.74, 6) is -1.21. The predicted octanol–water partition coefficient (Wildman–Crippen LogP) is 3.15. The predicted molar refractivity (Wildman–Crippen MR) is 120 cm³/mol. The number of sulfonamides is 1. The van der Waals surface area contributed by atoms with E-state index in [0.29, 0.717) is 16.7 Å². The Bertz CT molecular complexity index is 1450. The SMILES string of the molecule is Cc1ccc(S(=O)(=O)Nc2nc3ccccc3nc2Nc2cccc(C(=O)[O-])c2)cc1C. The van der Waals surface area contributed by atoms with E-state index in [0.717, 1.165) is 11.1 Å². The second-order valence-corrected chi connectivity index (χ2v) is 8.94. The number of aryl methyl sites for hydroxylation is 2. The molecule has 4 rings (SSSR count). The summed E-state index contributed by atoms with van der Waals surface area (Å²) in [5.41, 5.74) is 3.22. The first-order chi connectivity index (χ1) is 15.2. The summed E-state index contributed by atoms with van der Waals surface area (Å²) >= 11 is 0. The summed E-state index contributed by atoms with van der Waals surface area (Å²) in [5, 5.41) is 14.1. The van der Waals surface area contributed by atoms with Gasteiger partial charge in [0.2, 0.25) is 0 Å². The van der Waals surface area contributed by atoms with Gasteiger partial charge < -0.3 is 15.2 Å². The number of hydrogen-bond donors (Lipinski definition) is 2. The third kappa shape index (κ3) is 4.37. The molecule has 0 fully saturated rings. The van der Waals surface area contributed by atoms with Crippen LogP contribution in [0.4, 0.5) is 17.3 Å². The molecule has 32 heavy (non-hydrogen) atoms. The second-order valence-electron chi connectivity index (χ2n) is 7.25. The topological polar surface area (TPSA) is 124 Å². The van der Waals surface area contributed by atoms with Gasteiger partial charge >= 0.3 is 0 Å². The van der Waals surface area contributed by atoms with Crippen LogP contribution >= 0.6 is 0 Å². The van der Waals surface area contributed by atoms with E-state index in [1.165, 1.54) is 18.2 Å². The van der Waals surface area contributed by atoms with E-state index >= 15 is 0 Å². The fourth-order valence-electron chi connectivity index (χ4n) is 3.09. The number of carboxylic acids is 1. The highest BCUT2D eigenvalue weighted by Gasteiger charge is 2.19. The highest BCUT2D eigenvalue weighted by atomic mass is 32.2. The van der Waals surface area contributed by atoms with Crippen LogP contribution in [0.5, 0.6) is 0 Å². The van der Waals surface area contributed by atoms with Crippen LogP contribution in [-0.4, -0.2) is 24.4 Å². The van der Waals surface area contributed by atoms with Gasteiger partial charge in [-0.05, 0) is 66.9 Å².